The van der Waals surface area contributed by atoms with Gasteiger partial charge in [-0.2, -0.15) is 0 Å². The Morgan fingerprint density at radius 3 is 2.02 bits per heavy atom. The molecule has 0 spiro atoms. The Labute approximate surface area is 268 Å². The fourth-order valence-electron chi connectivity index (χ4n) is 8.64. The van der Waals surface area contributed by atoms with Crippen molar-refractivity contribution in [3.63, 3.8) is 0 Å². The first-order chi connectivity index (χ1) is 21.1. The SMILES string of the molecule is CC(C)(C)c1ccc(C2(c3ccc(C(C)(C)C)cc3)C3=C(CC4SC5CCC=C6C=CC=C(C4=C3)C65)c3ccccc32)cc1. The van der Waals surface area contributed by atoms with Crippen molar-refractivity contribution in [3.8, 4) is 0 Å². The minimum atomic E-state index is -0.353. The number of hydrogen-bond donors (Lipinski definition) is 0. The van der Waals surface area contributed by atoms with Gasteiger partial charge in [0.05, 0.1) is 5.41 Å². The van der Waals surface area contributed by atoms with Crippen molar-refractivity contribution in [3.05, 3.63) is 159 Å². The average Bonchev–Trinajstić information content (AvgIpc) is 3.30. The fourth-order valence-corrected chi connectivity index (χ4v) is 10.4. The first-order valence-corrected chi connectivity index (χ1v) is 17.5. The van der Waals surface area contributed by atoms with Gasteiger partial charge in [0.15, 0.2) is 0 Å². The Bertz CT molecular complexity index is 1750. The molecule has 4 aliphatic carbocycles. The van der Waals surface area contributed by atoms with E-state index in [1.165, 1.54) is 51.8 Å². The van der Waals surface area contributed by atoms with Crippen molar-refractivity contribution < 1.29 is 0 Å². The van der Waals surface area contributed by atoms with Gasteiger partial charge in [-0.1, -0.05) is 145 Å². The molecule has 1 heteroatoms. The number of thioether (sulfide) groups is 1. The summed E-state index contributed by atoms with van der Waals surface area (Å²) in [6.07, 6.45) is 15.9. The monoisotopic (exact) mass is 592 g/mol. The summed E-state index contributed by atoms with van der Waals surface area (Å²) in [6, 6.07) is 28.6. The first kappa shape index (κ1) is 28.2. The predicted octanol–water partition coefficient (Wildman–Crippen LogP) is 11.0. The number of benzene rings is 3. The van der Waals surface area contributed by atoms with Crippen LogP contribution in [0, 0.1) is 5.92 Å². The van der Waals surface area contributed by atoms with E-state index in [0.717, 1.165) is 6.42 Å². The lowest BCUT2D eigenvalue weighted by Gasteiger charge is -2.46. The molecule has 0 radical (unpaired) electrons. The topological polar surface area (TPSA) is 0 Å². The molecule has 0 bridgehead atoms. The third-order valence-electron chi connectivity index (χ3n) is 10.9. The van der Waals surface area contributed by atoms with Gasteiger partial charge in [-0.3, -0.25) is 0 Å². The Kier molecular flexibility index (Phi) is 6.32. The summed E-state index contributed by atoms with van der Waals surface area (Å²) < 4.78 is 0. The predicted molar refractivity (Wildman–Crippen MR) is 189 cm³/mol. The Hall–Kier alpha value is -3.29. The van der Waals surface area contributed by atoms with Gasteiger partial charge in [0, 0.05) is 16.4 Å². The standard InChI is InChI=1S/C43H44S/c1-41(2,3)28-17-21-30(22-18-28)43(31-23-19-29(20-24-31)42(4,5)6)36-15-8-7-13-32(36)34-26-39-35(25-37(34)43)33-14-9-11-27-12-10-16-38(44-39)40(27)33/h7-9,11-15,17-25,38-40H,10,16,26H2,1-6H3. The summed E-state index contributed by atoms with van der Waals surface area (Å²) in [5.74, 6) is 0.540. The molecule has 5 aliphatic rings. The second kappa shape index (κ2) is 9.85. The maximum atomic E-state index is 2.67. The van der Waals surface area contributed by atoms with Crippen LogP contribution in [0.1, 0.15) is 94.2 Å². The van der Waals surface area contributed by atoms with Crippen molar-refractivity contribution >= 4 is 17.3 Å². The molecule has 8 rings (SSSR count). The lowest BCUT2D eigenvalue weighted by atomic mass is 9.64. The molecule has 3 aromatic rings. The van der Waals surface area contributed by atoms with Crippen LogP contribution in [-0.4, -0.2) is 10.5 Å². The second-order valence-corrected chi connectivity index (χ2v) is 17.0. The van der Waals surface area contributed by atoms with Gasteiger partial charge in [-0.15, -0.1) is 11.8 Å². The molecule has 3 aromatic carbocycles. The molecule has 222 valence electrons. The van der Waals surface area contributed by atoms with E-state index in [1.54, 1.807) is 22.3 Å². The van der Waals surface area contributed by atoms with Gasteiger partial charge in [-0.05, 0) is 91.3 Å². The van der Waals surface area contributed by atoms with Crippen LogP contribution < -0.4 is 0 Å². The van der Waals surface area contributed by atoms with Crippen LogP contribution in [0.25, 0.3) is 5.57 Å². The van der Waals surface area contributed by atoms with Crippen molar-refractivity contribution in [2.45, 2.75) is 87.5 Å². The van der Waals surface area contributed by atoms with Crippen molar-refractivity contribution in [1.82, 2.24) is 0 Å². The zero-order chi connectivity index (χ0) is 30.4. The van der Waals surface area contributed by atoms with Gasteiger partial charge in [0.1, 0.15) is 0 Å². The van der Waals surface area contributed by atoms with E-state index in [0.29, 0.717) is 16.4 Å². The third-order valence-corrected chi connectivity index (χ3v) is 12.5. The van der Waals surface area contributed by atoms with E-state index < -0.39 is 0 Å². The average molecular weight is 593 g/mol. The highest BCUT2D eigenvalue weighted by molar-refractivity contribution is 8.00. The van der Waals surface area contributed by atoms with Crippen molar-refractivity contribution in [2.75, 3.05) is 0 Å². The Morgan fingerprint density at radius 2 is 1.39 bits per heavy atom. The Balaban J connectivity index is 1.39. The first-order valence-electron chi connectivity index (χ1n) is 16.6. The lowest BCUT2D eigenvalue weighted by molar-refractivity contribution is 0.583. The molecule has 0 nitrogen and oxygen atoms in total. The zero-order valence-electron chi connectivity index (χ0n) is 27.1. The van der Waals surface area contributed by atoms with Crippen LogP contribution in [-0.2, 0) is 16.2 Å². The van der Waals surface area contributed by atoms with E-state index in [-0.39, 0.29) is 16.2 Å². The molecule has 3 atom stereocenters. The minimum absolute atomic E-state index is 0.111. The smallest absolute Gasteiger partial charge is 0.0710 e. The molecule has 1 aliphatic heterocycles. The third kappa shape index (κ3) is 4.11. The van der Waals surface area contributed by atoms with E-state index >= 15 is 0 Å². The van der Waals surface area contributed by atoms with Gasteiger partial charge in [-0.25, -0.2) is 0 Å². The quantitative estimate of drug-likeness (QED) is 0.285. The largest absolute Gasteiger partial charge is 0.149 e. The van der Waals surface area contributed by atoms with Crippen molar-refractivity contribution in [1.29, 1.82) is 0 Å². The zero-order valence-corrected chi connectivity index (χ0v) is 27.9. The molecule has 0 amide bonds. The van der Waals surface area contributed by atoms with Crippen LogP contribution in [0.15, 0.2) is 125 Å². The fraction of sp³-hybridized carbons (Fsp3) is 0.349. The number of fused-ring (bicyclic) bond motifs is 4. The summed E-state index contributed by atoms with van der Waals surface area (Å²) >= 11 is 2.26. The van der Waals surface area contributed by atoms with Crippen molar-refractivity contribution in [2.24, 2.45) is 5.92 Å². The van der Waals surface area contributed by atoms with Crippen LogP contribution in [0.5, 0.6) is 0 Å². The molecule has 0 saturated carbocycles. The number of rotatable bonds is 2. The van der Waals surface area contributed by atoms with Crippen LogP contribution >= 0.6 is 11.8 Å². The highest BCUT2D eigenvalue weighted by atomic mass is 32.2. The van der Waals surface area contributed by atoms with Crippen LogP contribution in [0.2, 0.25) is 0 Å². The number of hydrogen-bond acceptors (Lipinski definition) is 1. The molecule has 1 fully saturated rings. The summed E-state index contributed by atoms with van der Waals surface area (Å²) in [4.78, 5) is 0. The molecule has 1 heterocycles. The second-order valence-electron chi connectivity index (χ2n) is 15.5. The maximum absolute atomic E-state index is 2.67. The van der Waals surface area contributed by atoms with E-state index in [9.17, 15) is 0 Å². The molecule has 44 heavy (non-hydrogen) atoms. The van der Waals surface area contributed by atoms with E-state index in [2.05, 4.69) is 156 Å². The minimum Gasteiger partial charge on any atom is -0.149 e. The molecule has 0 aromatic heterocycles. The summed E-state index contributed by atoms with van der Waals surface area (Å²) in [5, 5.41) is 1.20. The van der Waals surface area contributed by atoms with E-state index in [4.69, 9.17) is 0 Å². The van der Waals surface area contributed by atoms with E-state index in [1.807, 2.05) is 0 Å². The normalized spacial score (nSPS) is 24.9. The summed E-state index contributed by atoms with van der Waals surface area (Å²) in [6.45, 7) is 13.9. The molecule has 1 saturated heterocycles. The molecular formula is C43H44S. The summed E-state index contributed by atoms with van der Waals surface area (Å²) in [5.41, 5.74) is 16.0. The Morgan fingerprint density at radius 1 is 0.750 bits per heavy atom. The lowest BCUT2D eigenvalue weighted by Crippen LogP contribution is -2.37. The molecule has 3 unspecified atom stereocenters. The highest BCUT2D eigenvalue weighted by Crippen LogP contribution is 2.62. The van der Waals surface area contributed by atoms with Gasteiger partial charge < -0.3 is 0 Å². The highest BCUT2D eigenvalue weighted by Gasteiger charge is 2.51. The van der Waals surface area contributed by atoms with Gasteiger partial charge >= 0.3 is 0 Å². The molecular weight excluding hydrogens is 549 g/mol. The molecule has 0 N–H and O–H groups in total. The van der Waals surface area contributed by atoms with Gasteiger partial charge in [0.25, 0.3) is 0 Å². The summed E-state index contributed by atoms with van der Waals surface area (Å²) in [7, 11) is 0. The van der Waals surface area contributed by atoms with Crippen LogP contribution in [0.4, 0.5) is 0 Å². The van der Waals surface area contributed by atoms with Crippen LogP contribution in [0.3, 0.4) is 0 Å². The van der Waals surface area contributed by atoms with Gasteiger partial charge in [0.2, 0.25) is 0 Å². The maximum Gasteiger partial charge on any atom is 0.0710 e. The number of allylic oxidation sites excluding steroid dienone is 9.